The highest BCUT2D eigenvalue weighted by Crippen LogP contribution is 2.21. The van der Waals surface area contributed by atoms with E-state index in [4.69, 9.17) is 4.42 Å². The molecule has 0 saturated heterocycles. The number of nitrogens with one attached hydrogen (secondary N) is 1. The van der Waals surface area contributed by atoms with Crippen molar-refractivity contribution in [2.24, 2.45) is 0 Å². The summed E-state index contributed by atoms with van der Waals surface area (Å²) in [5.74, 6) is 1.25. The quantitative estimate of drug-likeness (QED) is 0.646. The van der Waals surface area contributed by atoms with Crippen LogP contribution in [0, 0.1) is 18.3 Å². The van der Waals surface area contributed by atoms with E-state index in [1.807, 2.05) is 37.3 Å². The normalized spacial score (nSPS) is 12.5. The van der Waals surface area contributed by atoms with Crippen LogP contribution >= 0.6 is 0 Å². The molecule has 0 fully saturated rings. The molecule has 4 nitrogen and oxygen atoms in total. The van der Waals surface area contributed by atoms with Crippen molar-refractivity contribution in [2.45, 2.75) is 33.1 Å². The molecule has 2 aromatic rings. The molecule has 1 heterocycles. The fraction of sp³-hybridized carbons (Fsp3) is 0.263. The Balaban J connectivity index is 2.11. The van der Waals surface area contributed by atoms with Gasteiger partial charge in [0, 0.05) is 11.8 Å². The molecule has 4 heteroatoms. The van der Waals surface area contributed by atoms with Crippen molar-refractivity contribution in [1.82, 2.24) is 0 Å². The maximum atomic E-state index is 12.2. The summed E-state index contributed by atoms with van der Waals surface area (Å²) in [7, 11) is 0. The number of amides is 1. The number of rotatable bonds is 5. The molecule has 1 amide bonds. The summed E-state index contributed by atoms with van der Waals surface area (Å²) in [5, 5.41) is 11.9. The Kier molecular flexibility index (Phi) is 5.37. The molecule has 0 bridgehead atoms. The van der Waals surface area contributed by atoms with Gasteiger partial charge in [-0.1, -0.05) is 26.0 Å². The minimum Gasteiger partial charge on any atom is -0.462 e. The van der Waals surface area contributed by atoms with E-state index < -0.39 is 5.91 Å². The Morgan fingerprint density at radius 1 is 1.30 bits per heavy atom. The van der Waals surface area contributed by atoms with Crippen LogP contribution in [0.15, 0.2) is 46.4 Å². The van der Waals surface area contributed by atoms with Gasteiger partial charge in [0.2, 0.25) is 0 Å². The lowest BCUT2D eigenvalue weighted by atomic mass is 9.98. The third-order valence-electron chi connectivity index (χ3n) is 3.76. The van der Waals surface area contributed by atoms with Gasteiger partial charge in [0.25, 0.3) is 5.91 Å². The second kappa shape index (κ2) is 7.46. The average Bonchev–Trinajstić information content (AvgIpc) is 2.97. The van der Waals surface area contributed by atoms with Crippen LogP contribution in [0.25, 0.3) is 6.08 Å². The molecule has 23 heavy (non-hydrogen) atoms. The number of nitrogens with zero attached hydrogens (tertiary/aromatic N) is 1. The zero-order valence-corrected chi connectivity index (χ0v) is 13.6. The minimum atomic E-state index is -0.446. The first kappa shape index (κ1) is 16.6. The number of furan rings is 1. The van der Waals surface area contributed by atoms with E-state index in [0.717, 1.165) is 12.2 Å². The Morgan fingerprint density at radius 2 is 2.00 bits per heavy atom. The smallest absolute Gasteiger partial charge is 0.266 e. The van der Waals surface area contributed by atoms with Gasteiger partial charge in [0.1, 0.15) is 23.2 Å². The Bertz CT molecular complexity index is 748. The molecule has 0 radical (unpaired) electrons. The zero-order valence-electron chi connectivity index (χ0n) is 13.6. The van der Waals surface area contributed by atoms with Crippen LogP contribution in [-0.4, -0.2) is 5.91 Å². The second-order valence-corrected chi connectivity index (χ2v) is 5.50. The summed E-state index contributed by atoms with van der Waals surface area (Å²) in [6.45, 7) is 6.11. The van der Waals surface area contributed by atoms with Gasteiger partial charge in [-0.05, 0) is 49.1 Å². The van der Waals surface area contributed by atoms with Crippen molar-refractivity contribution in [1.29, 1.82) is 5.26 Å². The summed E-state index contributed by atoms with van der Waals surface area (Å²) >= 11 is 0. The SMILES string of the molecule is CC[C@@H](C)c1ccc(NC(=O)/C(C#N)=C/c2ccc(C)o2)cc1. The number of aryl methyl sites for hydroxylation is 1. The van der Waals surface area contributed by atoms with E-state index in [1.54, 1.807) is 12.1 Å². The van der Waals surface area contributed by atoms with Gasteiger partial charge in [-0.3, -0.25) is 4.79 Å². The summed E-state index contributed by atoms with van der Waals surface area (Å²) in [6.07, 6.45) is 2.51. The third kappa shape index (κ3) is 4.33. The molecule has 118 valence electrons. The van der Waals surface area contributed by atoms with E-state index in [2.05, 4.69) is 19.2 Å². The molecule has 0 aliphatic carbocycles. The van der Waals surface area contributed by atoms with Crippen molar-refractivity contribution in [3.8, 4) is 6.07 Å². The molecule has 1 aromatic heterocycles. The van der Waals surface area contributed by atoms with Crippen LogP contribution in [0.3, 0.4) is 0 Å². The number of anilines is 1. The van der Waals surface area contributed by atoms with E-state index in [9.17, 15) is 10.1 Å². The van der Waals surface area contributed by atoms with Gasteiger partial charge in [0.15, 0.2) is 0 Å². The Labute approximate surface area is 136 Å². The molecular formula is C19H20N2O2. The first-order valence-electron chi connectivity index (χ1n) is 7.63. The Morgan fingerprint density at radius 3 is 2.52 bits per heavy atom. The molecule has 0 unspecified atom stereocenters. The fourth-order valence-corrected chi connectivity index (χ4v) is 2.15. The molecular weight excluding hydrogens is 288 g/mol. The number of nitriles is 1. The lowest BCUT2D eigenvalue weighted by Crippen LogP contribution is -2.13. The summed E-state index contributed by atoms with van der Waals surface area (Å²) < 4.78 is 5.36. The van der Waals surface area contributed by atoms with Crippen molar-refractivity contribution in [2.75, 3.05) is 5.32 Å². The number of benzene rings is 1. The van der Waals surface area contributed by atoms with Gasteiger partial charge >= 0.3 is 0 Å². The molecule has 0 spiro atoms. The fourth-order valence-electron chi connectivity index (χ4n) is 2.15. The van der Waals surface area contributed by atoms with Gasteiger partial charge < -0.3 is 9.73 Å². The first-order chi connectivity index (χ1) is 11.0. The number of carbonyl (C=O) groups is 1. The van der Waals surface area contributed by atoms with Crippen LogP contribution in [-0.2, 0) is 4.79 Å². The predicted octanol–water partition coefficient (Wildman–Crippen LogP) is 4.65. The van der Waals surface area contributed by atoms with E-state index in [-0.39, 0.29) is 5.57 Å². The molecule has 1 N–H and O–H groups in total. The zero-order chi connectivity index (χ0) is 16.8. The highest BCUT2D eigenvalue weighted by atomic mass is 16.3. The summed E-state index contributed by atoms with van der Waals surface area (Å²) in [4.78, 5) is 12.2. The lowest BCUT2D eigenvalue weighted by Gasteiger charge is -2.10. The number of hydrogen-bond acceptors (Lipinski definition) is 3. The summed E-state index contributed by atoms with van der Waals surface area (Å²) in [6, 6.07) is 13.1. The Hall–Kier alpha value is -2.80. The maximum absolute atomic E-state index is 12.2. The van der Waals surface area contributed by atoms with Gasteiger partial charge in [-0.15, -0.1) is 0 Å². The third-order valence-corrected chi connectivity index (χ3v) is 3.76. The second-order valence-electron chi connectivity index (χ2n) is 5.50. The number of carbonyl (C=O) groups excluding carboxylic acids is 1. The van der Waals surface area contributed by atoms with Crippen molar-refractivity contribution in [3.63, 3.8) is 0 Å². The highest BCUT2D eigenvalue weighted by molar-refractivity contribution is 6.09. The number of hydrogen-bond donors (Lipinski definition) is 1. The van der Waals surface area contributed by atoms with Crippen molar-refractivity contribution < 1.29 is 9.21 Å². The van der Waals surface area contributed by atoms with E-state index in [0.29, 0.717) is 17.4 Å². The predicted molar refractivity (Wildman–Crippen MR) is 90.8 cm³/mol. The average molecular weight is 308 g/mol. The van der Waals surface area contributed by atoms with Crippen molar-refractivity contribution in [3.05, 3.63) is 59.1 Å². The van der Waals surface area contributed by atoms with Crippen LogP contribution in [0.1, 0.15) is 43.3 Å². The van der Waals surface area contributed by atoms with Crippen LogP contribution in [0.5, 0.6) is 0 Å². The minimum absolute atomic E-state index is 0.00496. The van der Waals surface area contributed by atoms with Crippen LogP contribution in [0.2, 0.25) is 0 Å². The molecule has 0 saturated carbocycles. The lowest BCUT2D eigenvalue weighted by molar-refractivity contribution is -0.112. The standard InChI is InChI=1S/C19H20N2O2/c1-4-13(2)15-6-8-17(9-7-15)21-19(22)16(12-20)11-18-10-5-14(3)23-18/h5-11,13H,4H2,1-3H3,(H,21,22)/b16-11+/t13-/m1/s1. The van der Waals surface area contributed by atoms with Gasteiger partial charge in [-0.2, -0.15) is 5.26 Å². The van der Waals surface area contributed by atoms with Gasteiger partial charge in [0.05, 0.1) is 0 Å². The monoisotopic (exact) mass is 308 g/mol. The first-order valence-corrected chi connectivity index (χ1v) is 7.63. The van der Waals surface area contributed by atoms with E-state index in [1.165, 1.54) is 11.6 Å². The summed E-state index contributed by atoms with van der Waals surface area (Å²) in [5.41, 5.74) is 1.90. The highest BCUT2D eigenvalue weighted by Gasteiger charge is 2.11. The topological polar surface area (TPSA) is 66.0 Å². The van der Waals surface area contributed by atoms with Crippen molar-refractivity contribution >= 4 is 17.7 Å². The van der Waals surface area contributed by atoms with E-state index >= 15 is 0 Å². The molecule has 0 aliphatic heterocycles. The maximum Gasteiger partial charge on any atom is 0.266 e. The van der Waals surface area contributed by atoms with Gasteiger partial charge in [-0.25, -0.2) is 0 Å². The molecule has 1 atom stereocenters. The molecule has 1 aromatic carbocycles. The van der Waals surface area contributed by atoms with Crippen LogP contribution in [0.4, 0.5) is 5.69 Å². The molecule has 2 rings (SSSR count). The molecule has 0 aliphatic rings. The largest absolute Gasteiger partial charge is 0.462 e. The van der Waals surface area contributed by atoms with Crippen LogP contribution < -0.4 is 5.32 Å².